The van der Waals surface area contributed by atoms with Crippen LogP contribution in [-0.4, -0.2) is 9.55 Å². The lowest BCUT2D eigenvalue weighted by molar-refractivity contribution is 0.668. The van der Waals surface area contributed by atoms with Crippen molar-refractivity contribution in [2.75, 3.05) is 0 Å². The van der Waals surface area contributed by atoms with Gasteiger partial charge < -0.3 is 13.4 Å². The molecule has 0 unspecified atom stereocenters. The van der Waals surface area contributed by atoms with E-state index in [4.69, 9.17) is 13.8 Å². The van der Waals surface area contributed by atoms with E-state index in [0.717, 1.165) is 94.3 Å². The molecule has 5 heterocycles. The van der Waals surface area contributed by atoms with Gasteiger partial charge in [0.15, 0.2) is 0 Å². The second-order valence-electron chi connectivity index (χ2n) is 18.2. The highest BCUT2D eigenvalue weighted by Crippen LogP contribution is 2.46. The van der Waals surface area contributed by atoms with Crippen LogP contribution in [0.4, 0.5) is 0 Å². The third-order valence-corrected chi connectivity index (χ3v) is 15.4. The van der Waals surface area contributed by atoms with Crippen LogP contribution in [0.2, 0.25) is 0 Å². The second kappa shape index (κ2) is 15.2. The van der Waals surface area contributed by atoms with Gasteiger partial charge in [-0.1, -0.05) is 133 Å². The van der Waals surface area contributed by atoms with Crippen molar-refractivity contribution in [3.63, 3.8) is 0 Å². The lowest BCUT2D eigenvalue weighted by atomic mass is 9.94. The molecule has 0 spiro atoms. The van der Waals surface area contributed by atoms with Gasteiger partial charge in [-0.15, -0.1) is 11.3 Å². The van der Waals surface area contributed by atoms with Gasteiger partial charge in [0.25, 0.3) is 0 Å². The van der Waals surface area contributed by atoms with Crippen molar-refractivity contribution in [2.45, 2.75) is 0 Å². The molecular weight excluding hydrogens is 873 g/mol. The van der Waals surface area contributed by atoms with Crippen LogP contribution in [0.25, 0.3) is 147 Å². The fourth-order valence-electron chi connectivity index (χ4n) is 10.9. The first-order valence-corrected chi connectivity index (χ1v) is 24.5. The summed E-state index contributed by atoms with van der Waals surface area (Å²) >= 11 is 1.87. The molecule has 0 fully saturated rings. The maximum Gasteiger partial charge on any atom is 0.136 e. The molecule has 15 aromatic rings. The van der Waals surface area contributed by atoms with Crippen molar-refractivity contribution in [3.05, 3.63) is 231 Å². The SMILES string of the molecule is c1ccc(-c2cc(-c3ccc4c(c3)oc3ccccc34)nc(-c3cccc4oc5ccc(-c6cc(-c7ccc8c(c7)c7ccccc7n8-c7ccccc7)c7sc8ccccc8c7c6)cc5c34)c2)cc1. The van der Waals surface area contributed by atoms with Crippen molar-refractivity contribution in [1.29, 1.82) is 0 Å². The highest BCUT2D eigenvalue weighted by Gasteiger charge is 2.21. The first-order chi connectivity index (χ1) is 34.7. The summed E-state index contributed by atoms with van der Waals surface area (Å²) in [6.07, 6.45) is 0. The van der Waals surface area contributed by atoms with Gasteiger partial charge in [0.2, 0.25) is 0 Å². The largest absolute Gasteiger partial charge is 0.456 e. The van der Waals surface area contributed by atoms with Gasteiger partial charge in [-0.05, 0) is 125 Å². The van der Waals surface area contributed by atoms with E-state index in [1.165, 1.54) is 53.1 Å². The maximum atomic E-state index is 6.69. The standard InChI is InChI=1S/C65H38N2O2S/c1-3-14-39(15-4-1)44-36-55(42-26-29-48-47-19-8-11-23-59(47)69-62(48)38-42)66-56(37-44)50-21-13-24-61-64(50)54-32-40(28-31-60(54)68-61)43-34-51(65-53(35-43)49-20-9-12-25-63(49)70-65)41-27-30-58-52(33-41)46-18-7-10-22-57(46)67(58)45-16-5-2-6-17-45/h1-38H. The van der Waals surface area contributed by atoms with E-state index < -0.39 is 0 Å². The van der Waals surface area contributed by atoms with Gasteiger partial charge in [0, 0.05) is 74.9 Å². The number of hydrogen-bond donors (Lipinski definition) is 0. The molecule has 0 aliphatic heterocycles. The van der Waals surface area contributed by atoms with E-state index >= 15 is 0 Å². The van der Waals surface area contributed by atoms with Gasteiger partial charge in [-0.2, -0.15) is 0 Å². The van der Waals surface area contributed by atoms with Crippen LogP contribution in [-0.2, 0) is 0 Å². The molecule has 0 amide bonds. The third kappa shape index (κ3) is 6.05. The average Bonchev–Trinajstić information content (AvgIpc) is 4.19. The van der Waals surface area contributed by atoms with E-state index in [1.807, 2.05) is 23.5 Å². The van der Waals surface area contributed by atoms with E-state index in [1.54, 1.807) is 0 Å². The number of thiophene rings is 1. The van der Waals surface area contributed by atoms with Crippen molar-refractivity contribution in [2.24, 2.45) is 0 Å². The van der Waals surface area contributed by atoms with Gasteiger partial charge in [-0.3, -0.25) is 0 Å². The second-order valence-corrected chi connectivity index (χ2v) is 19.3. The molecule has 0 radical (unpaired) electrons. The highest BCUT2D eigenvalue weighted by molar-refractivity contribution is 7.26. The van der Waals surface area contributed by atoms with Crippen LogP contribution in [0.3, 0.4) is 0 Å². The minimum absolute atomic E-state index is 0.824. The van der Waals surface area contributed by atoms with Crippen molar-refractivity contribution in [3.8, 4) is 61.6 Å². The van der Waals surface area contributed by atoms with Crippen LogP contribution in [0, 0.1) is 0 Å². The molecule has 10 aromatic carbocycles. The number of pyridine rings is 1. The Balaban J connectivity index is 0.917. The molecule has 326 valence electrons. The molecule has 0 atom stereocenters. The van der Waals surface area contributed by atoms with Crippen LogP contribution in [0.15, 0.2) is 239 Å². The van der Waals surface area contributed by atoms with Gasteiger partial charge >= 0.3 is 0 Å². The first-order valence-electron chi connectivity index (χ1n) is 23.7. The van der Waals surface area contributed by atoms with E-state index in [9.17, 15) is 0 Å². The molecule has 15 rings (SSSR count). The molecule has 5 aromatic heterocycles. The molecule has 70 heavy (non-hydrogen) atoms. The Morgan fingerprint density at radius 1 is 0.329 bits per heavy atom. The Morgan fingerprint density at radius 3 is 1.87 bits per heavy atom. The molecule has 0 saturated carbocycles. The summed E-state index contributed by atoms with van der Waals surface area (Å²) in [5.74, 6) is 0. The summed E-state index contributed by atoms with van der Waals surface area (Å²) < 4.78 is 18.0. The van der Waals surface area contributed by atoms with Crippen molar-refractivity contribution in [1.82, 2.24) is 9.55 Å². The molecule has 0 N–H and O–H groups in total. The Hall–Kier alpha value is -9.03. The summed E-state index contributed by atoms with van der Waals surface area (Å²) in [5, 5.41) is 9.29. The summed E-state index contributed by atoms with van der Waals surface area (Å²) in [7, 11) is 0. The number of fused-ring (bicyclic) bond motifs is 12. The summed E-state index contributed by atoms with van der Waals surface area (Å²) in [4.78, 5) is 5.46. The Morgan fingerprint density at radius 2 is 0.971 bits per heavy atom. The van der Waals surface area contributed by atoms with Crippen molar-refractivity contribution >= 4 is 97.2 Å². The Kier molecular flexibility index (Phi) is 8.49. The van der Waals surface area contributed by atoms with Crippen LogP contribution in [0.5, 0.6) is 0 Å². The average molecular weight is 911 g/mol. The zero-order valence-corrected chi connectivity index (χ0v) is 38.4. The lowest BCUT2D eigenvalue weighted by Gasteiger charge is -2.12. The molecule has 4 nitrogen and oxygen atoms in total. The Labute approximate surface area is 405 Å². The van der Waals surface area contributed by atoms with E-state index in [-0.39, 0.29) is 0 Å². The maximum absolute atomic E-state index is 6.69. The van der Waals surface area contributed by atoms with Crippen LogP contribution in [0.1, 0.15) is 0 Å². The molecule has 0 bridgehead atoms. The van der Waals surface area contributed by atoms with Crippen LogP contribution >= 0.6 is 11.3 Å². The fraction of sp³-hybridized carbons (Fsp3) is 0. The highest BCUT2D eigenvalue weighted by atomic mass is 32.1. The number of nitrogens with zero attached hydrogens (tertiary/aromatic N) is 2. The number of rotatable bonds is 6. The predicted octanol–water partition coefficient (Wildman–Crippen LogP) is 18.7. The zero-order chi connectivity index (χ0) is 45.9. The van der Waals surface area contributed by atoms with Gasteiger partial charge in [0.05, 0.1) is 22.4 Å². The number of hydrogen-bond acceptors (Lipinski definition) is 4. The zero-order valence-electron chi connectivity index (χ0n) is 37.6. The summed E-state index contributed by atoms with van der Waals surface area (Å²) in [5.41, 5.74) is 17.6. The van der Waals surface area contributed by atoms with Crippen molar-refractivity contribution < 1.29 is 8.83 Å². The predicted molar refractivity (Wildman–Crippen MR) is 293 cm³/mol. The molecule has 0 aliphatic carbocycles. The Bertz CT molecular complexity index is 4590. The third-order valence-electron chi connectivity index (χ3n) is 14.2. The number of aromatic nitrogens is 2. The molecule has 0 aliphatic rings. The fourth-order valence-corrected chi connectivity index (χ4v) is 12.1. The molecule has 5 heteroatoms. The van der Waals surface area contributed by atoms with E-state index in [2.05, 4.69) is 223 Å². The number of para-hydroxylation sites is 3. The molecular formula is C65H38N2O2S. The van der Waals surface area contributed by atoms with Crippen LogP contribution < -0.4 is 0 Å². The number of furan rings is 2. The topological polar surface area (TPSA) is 44.1 Å². The summed E-state index contributed by atoms with van der Waals surface area (Å²) in [6, 6.07) is 82.6. The quantitative estimate of drug-likeness (QED) is 0.167. The lowest BCUT2D eigenvalue weighted by Crippen LogP contribution is -1.92. The monoisotopic (exact) mass is 910 g/mol. The first kappa shape index (κ1) is 39.0. The number of benzene rings is 10. The summed E-state index contributed by atoms with van der Waals surface area (Å²) in [6.45, 7) is 0. The van der Waals surface area contributed by atoms with E-state index in [0.29, 0.717) is 0 Å². The molecule has 0 saturated heterocycles. The minimum Gasteiger partial charge on any atom is -0.456 e. The normalized spacial score (nSPS) is 12.0. The minimum atomic E-state index is 0.824. The smallest absolute Gasteiger partial charge is 0.136 e. The van der Waals surface area contributed by atoms with Gasteiger partial charge in [0.1, 0.15) is 22.3 Å². The van der Waals surface area contributed by atoms with Gasteiger partial charge in [-0.25, -0.2) is 4.98 Å².